The van der Waals surface area contributed by atoms with Crippen LogP contribution in [0.4, 0.5) is 0 Å². The molecule has 0 saturated heterocycles. The van der Waals surface area contributed by atoms with E-state index in [1.54, 1.807) is 25.1 Å². The van der Waals surface area contributed by atoms with E-state index in [2.05, 4.69) is 15.5 Å². The van der Waals surface area contributed by atoms with Crippen molar-refractivity contribution in [2.45, 2.75) is 32.2 Å². The first-order chi connectivity index (χ1) is 10.7. The molecular weight excluding hydrogens is 282 g/mol. The number of hydrogen-bond acceptors (Lipinski definition) is 5. The van der Waals surface area contributed by atoms with E-state index < -0.39 is 0 Å². The lowest BCUT2D eigenvalue weighted by atomic mass is 10.1. The molecule has 0 bridgehead atoms. The number of rotatable bonds is 6. The first-order valence-corrected chi connectivity index (χ1v) is 7.50. The van der Waals surface area contributed by atoms with Gasteiger partial charge in [-0.25, -0.2) is 0 Å². The van der Waals surface area contributed by atoms with Crippen LogP contribution < -0.4 is 5.32 Å². The lowest BCUT2D eigenvalue weighted by molar-refractivity contribution is 0.0924. The van der Waals surface area contributed by atoms with E-state index in [4.69, 9.17) is 9.63 Å². The lowest BCUT2D eigenvalue weighted by Gasteiger charge is -2.17. The molecule has 0 spiro atoms. The normalized spacial score (nSPS) is 15.5. The molecule has 2 aromatic rings. The first kappa shape index (κ1) is 14.7. The lowest BCUT2D eigenvalue weighted by Crippen LogP contribution is -2.37. The van der Waals surface area contributed by atoms with Gasteiger partial charge in [-0.05, 0) is 37.3 Å². The molecule has 116 valence electrons. The Bertz CT molecular complexity index is 664. The van der Waals surface area contributed by atoms with Gasteiger partial charge in [-0.1, -0.05) is 17.3 Å². The maximum Gasteiger partial charge on any atom is 0.251 e. The number of aliphatic hydroxyl groups excluding tert-OH is 1. The van der Waals surface area contributed by atoms with Crippen LogP contribution in [0.1, 0.15) is 35.5 Å². The number of carbonyl (C=O) groups is 1. The third-order valence-corrected chi connectivity index (χ3v) is 3.86. The van der Waals surface area contributed by atoms with E-state index in [0.29, 0.717) is 29.6 Å². The van der Waals surface area contributed by atoms with E-state index >= 15 is 0 Å². The first-order valence-electron chi connectivity index (χ1n) is 7.50. The number of carbonyl (C=O) groups excluding carboxylic acids is 1. The van der Waals surface area contributed by atoms with Gasteiger partial charge < -0.3 is 14.9 Å². The molecular formula is C16H19N3O3. The molecule has 0 aliphatic heterocycles. The summed E-state index contributed by atoms with van der Waals surface area (Å²) in [4.78, 5) is 16.6. The molecule has 0 radical (unpaired) electrons. The molecule has 1 saturated carbocycles. The molecule has 6 heteroatoms. The molecule has 1 aromatic heterocycles. The number of nitrogens with one attached hydrogen (secondary N) is 1. The average Bonchev–Trinajstić information content (AvgIpc) is 3.28. The zero-order valence-corrected chi connectivity index (χ0v) is 12.5. The molecule has 1 fully saturated rings. The van der Waals surface area contributed by atoms with Crippen molar-refractivity contribution in [2.24, 2.45) is 5.92 Å². The third-order valence-electron chi connectivity index (χ3n) is 3.86. The zero-order chi connectivity index (χ0) is 15.5. The van der Waals surface area contributed by atoms with Gasteiger partial charge in [0.05, 0.1) is 0 Å². The maximum absolute atomic E-state index is 12.4. The molecule has 1 amide bonds. The molecule has 6 nitrogen and oxygen atoms in total. The molecule has 3 rings (SSSR count). The highest BCUT2D eigenvalue weighted by Gasteiger charge is 2.31. The van der Waals surface area contributed by atoms with Gasteiger partial charge in [-0.2, -0.15) is 4.98 Å². The van der Waals surface area contributed by atoms with Crippen LogP contribution in [-0.2, 0) is 0 Å². The molecule has 1 aromatic carbocycles. The number of aromatic nitrogens is 2. The Morgan fingerprint density at radius 2 is 2.32 bits per heavy atom. The minimum Gasteiger partial charge on any atom is -0.396 e. The van der Waals surface area contributed by atoms with Gasteiger partial charge in [0, 0.05) is 30.7 Å². The predicted molar refractivity (Wildman–Crippen MR) is 80.2 cm³/mol. The summed E-state index contributed by atoms with van der Waals surface area (Å²) in [5.74, 6) is 1.33. The molecule has 1 aliphatic rings. The van der Waals surface area contributed by atoms with Gasteiger partial charge in [-0.15, -0.1) is 0 Å². The van der Waals surface area contributed by atoms with Crippen molar-refractivity contribution in [3.8, 4) is 11.4 Å². The average molecular weight is 301 g/mol. The van der Waals surface area contributed by atoms with Crippen molar-refractivity contribution >= 4 is 5.91 Å². The molecule has 2 N–H and O–H groups in total. The van der Waals surface area contributed by atoms with Crippen LogP contribution in [-0.4, -0.2) is 33.8 Å². The Morgan fingerprint density at radius 1 is 1.50 bits per heavy atom. The van der Waals surface area contributed by atoms with Gasteiger partial charge in [0.1, 0.15) is 0 Å². The van der Waals surface area contributed by atoms with Crippen molar-refractivity contribution in [3.63, 3.8) is 0 Å². The maximum atomic E-state index is 12.4. The van der Waals surface area contributed by atoms with Crippen LogP contribution in [0.15, 0.2) is 28.8 Å². The number of aryl methyl sites for hydroxylation is 1. The summed E-state index contributed by atoms with van der Waals surface area (Å²) in [6.45, 7) is 1.81. The molecule has 1 aliphatic carbocycles. The third kappa shape index (κ3) is 3.33. The summed E-state index contributed by atoms with van der Waals surface area (Å²) in [5.41, 5.74) is 1.30. The highest BCUT2D eigenvalue weighted by molar-refractivity contribution is 5.95. The van der Waals surface area contributed by atoms with Crippen molar-refractivity contribution < 1.29 is 14.4 Å². The fraction of sp³-hybridized carbons (Fsp3) is 0.438. The monoisotopic (exact) mass is 301 g/mol. The Morgan fingerprint density at radius 3 is 2.95 bits per heavy atom. The minimum absolute atomic E-state index is 0.0496. The van der Waals surface area contributed by atoms with Crippen LogP contribution in [0.2, 0.25) is 0 Å². The van der Waals surface area contributed by atoms with Crippen LogP contribution in [0.5, 0.6) is 0 Å². The van der Waals surface area contributed by atoms with Crippen molar-refractivity contribution in [1.82, 2.24) is 15.5 Å². The molecule has 1 heterocycles. The SMILES string of the molecule is Cc1nc(-c2cccc(C(=O)NC(CCO)C3CC3)c2)no1. The fourth-order valence-corrected chi connectivity index (χ4v) is 2.53. The van der Waals surface area contributed by atoms with Crippen LogP contribution in [0, 0.1) is 12.8 Å². The van der Waals surface area contributed by atoms with Gasteiger partial charge in [0.25, 0.3) is 5.91 Å². The second-order valence-corrected chi connectivity index (χ2v) is 5.65. The van der Waals surface area contributed by atoms with E-state index in [1.165, 1.54) is 0 Å². The second-order valence-electron chi connectivity index (χ2n) is 5.65. The van der Waals surface area contributed by atoms with Gasteiger partial charge in [0.15, 0.2) is 0 Å². The zero-order valence-electron chi connectivity index (χ0n) is 12.5. The predicted octanol–water partition coefficient (Wildman–Crippen LogP) is 1.94. The summed E-state index contributed by atoms with van der Waals surface area (Å²) < 4.78 is 4.97. The van der Waals surface area contributed by atoms with E-state index in [-0.39, 0.29) is 18.6 Å². The van der Waals surface area contributed by atoms with Gasteiger partial charge in [-0.3, -0.25) is 4.79 Å². The Balaban J connectivity index is 1.75. The van der Waals surface area contributed by atoms with Crippen LogP contribution >= 0.6 is 0 Å². The van der Waals surface area contributed by atoms with Crippen LogP contribution in [0.3, 0.4) is 0 Å². The van der Waals surface area contributed by atoms with Crippen molar-refractivity contribution in [3.05, 3.63) is 35.7 Å². The summed E-state index contributed by atoms with van der Waals surface area (Å²) in [5, 5.41) is 16.0. The second kappa shape index (κ2) is 6.27. The van der Waals surface area contributed by atoms with Crippen molar-refractivity contribution in [2.75, 3.05) is 6.61 Å². The molecule has 22 heavy (non-hydrogen) atoms. The summed E-state index contributed by atoms with van der Waals surface area (Å²) in [7, 11) is 0. The fourth-order valence-electron chi connectivity index (χ4n) is 2.53. The highest BCUT2D eigenvalue weighted by Crippen LogP contribution is 2.34. The van der Waals surface area contributed by atoms with Crippen molar-refractivity contribution in [1.29, 1.82) is 0 Å². The minimum atomic E-state index is -0.132. The standard InChI is InChI=1S/C16H19N3O3/c1-10-17-15(19-22-10)12-3-2-4-13(9-12)16(21)18-14(7-8-20)11-5-6-11/h2-4,9,11,14,20H,5-8H2,1H3,(H,18,21). The summed E-state index contributed by atoms with van der Waals surface area (Å²) in [6.07, 6.45) is 2.83. The Kier molecular flexibility index (Phi) is 4.20. The summed E-state index contributed by atoms with van der Waals surface area (Å²) in [6, 6.07) is 7.20. The Labute approximate surface area is 128 Å². The van der Waals surface area contributed by atoms with Gasteiger partial charge >= 0.3 is 0 Å². The van der Waals surface area contributed by atoms with Gasteiger partial charge in [0.2, 0.25) is 11.7 Å². The number of benzene rings is 1. The Hall–Kier alpha value is -2.21. The molecule has 1 atom stereocenters. The smallest absolute Gasteiger partial charge is 0.251 e. The highest BCUT2D eigenvalue weighted by atomic mass is 16.5. The number of amides is 1. The largest absolute Gasteiger partial charge is 0.396 e. The molecule has 1 unspecified atom stereocenters. The number of hydrogen-bond donors (Lipinski definition) is 2. The topological polar surface area (TPSA) is 88.2 Å². The summed E-state index contributed by atoms with van der Waals surface area (Å²) >= 11 is 0. The number of nitrogens with zero attached hydrogens (tertiary/aromatic N) is 2. The number of aliphatic hydroxyl groups is 1. The quantitative estimate of drug-likeness (QED) is 0.851. The van der Waals surface area contributed by atoms with E-state index in [9.17, 15) is 4.79 Å². The van der Waals surface area contributed by atoms with E-state index in [1.807, 2.05) is 6.07 Å². The van der Waals surface area contributed by atoms with Crippen LogP contribution in [0.25, 0.3) is 11.4 Å². The van der Waals surface area contributed by atoms with E-state index in [0.717, 1.165) is 18.4 Å².